The molecule has 36 heavy (non-hydrogen) atoms. The number of hydrogen-bond acceptors (Lipinski definition) is 4. The fourth-order valence-corrected chi connectivity index (χ4v) is 9.58. The summed E-state index contributed by atoms with van der Waals surface area (Å²) < 4.78 is 0. The van der Waals surface area contributed by atoms with Crippen molar-refractivity contribution in [1.82, 2.24) is 10.6 Å². The normalized spacial score (nSPS) is 39.9. The number of halogens is 3. The average molecular weight is 568 g/mol. The van der Waals surface area contributed by atoms with Gasteiger partial charge >= 0.3 is 0 Å². The molecule has 4 nitrogen and oxygen atoms in total. The first-order valence-corrected chi connectivity index (χ1v) is 14.7. The van der Waals surface area contributed by atoms with Crippen molar-refractivity contribution in [1.29, 1.82) is 0 Å². The maximum Gasteiger partial charge on any atom is 0.0459 e. The van der Waals surface area contributed by atoms with Crippen LogP contribution in [0.4, 0.5) is 0 Å². The largest absolute Gasteiger partial charge is 1.00 e. The van der Waals surface area contributed by atoms with Crippen molar-refractivity contribution in [3.05, 3.63) is 0 Å². The van der Waals surface area contributed by atoms with Crippen LogP contribution < -0.4 is 53.6 Å². The van der Waals surface area contributed by atoms with E-state index >= 15 is 0 Å². The van der Waals surface area contributed by atoms with Crippen molar-refractivity contribution in [2.45, 2.75) is 104 Å². The number of aliphatic hydroxyl groups is 1. The number of unbranched alkanes of at least 4 members (excludes halogenated alkanes) is 1. The van der Waals surface area contributed by atoms with E-state index in [9.17, 15) is 5.11 Å². The number of rotatable bonds is 11. The minimum Gasteiger partial charge on any atom is -1.00 e. The van der Waals surface area contributed by atoms with Crippen LogP contribution in [0, 0.1) is 46.3 Å². The Kier molecular flexibility index (Phi) is 14.9. The molecule has 0 aromatic carbocycles. The molecule has 4 aliphatic carbocycles. The molecule has 4 saturated carbocycles. The molecule has 0 bridgehead atoms. The summed E-state index contributed by atoms with van der Waals surface area (Å²) in [7, 11) is 0. The van der Waals surface area contributed by atoms with Gasteiger partial charge in [-0.2, -0.15) is 0 Å². The highest BCUT2D eigenvalue weighted by Gasteiger charge is 2.60. The predicted molar refractivity (Wildman–Crippen MR) is 139 cm³/mol. The van der Waals surface area contributed by atoms with E-state index in [1.807, 2.05) is 0 Å². The van der Waals surface area contributed by atoms with Crippen LogP contribution >= 0.6 is 0 Å². The summed E-state index contributed by atoms with van der Waals surface area (Å²) in [5.74, 6) is 4.98. The maximum absolute atomic E-state index is 9.87. The van der Waals surface area contributed by atoms with Gasteiger partial charge in [0.05, 0.1) is 0 Å². The summed E-state index contributed by atoms with van der Waals surface area (Å²) in [5.41, 5.74) is 6.64. The molecular formula is C29H55Cl3N3O-3. The molecule has 0 aromatic heterocycles. The van der Waals surface area contributed by atoms with Gasteiger partial charge in [0, 0.05) is 12.6 Å². The SMILES string of the molecule is C[C@H](CO)C1CCC2C3CC[C@H]4C[C@H](NCCCNCCCCN)CC[C@]4(C)C3CC[C@@]21C.[Cl-].[Cl-].[Cl-]. The van der Waals surface area contributed by atoms with Crippen LogP contribution in [0.1, 0.15) is 97.8 Å². The van der Waals surface area contributed by atoms with Crippen LogP contribution in [0.25, 0.3) is 0 Å². The maximum atomic E-state index is 9.87. The van der Waals surface area contributed by atoms with Crippen molar-refractivity contribution in [3.8, 4) is 0 Å². The summed E-state index contributed by atoms with van der Waals surface area (Å²) in [4.78, 5) is 0. The Balaban J connectivity index is 0.00000216. The number of fused-ring (bicyclic) bond motifs is 5. The van der Waals surface area contributed by atoms with Crippen molar-refractivity contribution in [2.75, 3.05) is 32.8 Å². The molecule has 0 radical (unpaired) electrons. The van der Waals surface area contributed by atoms with Crippen LogP contribution in [0.5, 0.6) is 0 Å². The molecule has 216 valence electrons. The van der Waals surface area contributed by atoms with Gasteiger partial charge < -0.3 is 58.7 Å². The number of nitrogens with two attached hydrogens (primary N) is 1. The topological polar surface area (TPSA) is 70.3 Å². The molecule has 0 aliphatic heterocycles. The highest BCUT2D eigenvalue weighted by Crippen LogP contribution is 2.68. The zero-order valence-corrected chi connectivity index (χ0v) is 25.5. The van der Waals surface area contributed by atoms with Gasteiger partial charge in [-0.05, 0) is 150 Å². The first kappa shape index (κ1) is 34.7. The third kappa shape index (κ3) is 7.07. The van der Waals surface area contributed by atoms with E-state index in [2.05, 4.69) is 31.4 Å². The molecule has 4 aliphatic rings. The average Bonchev–Trinajstić information content (AvgIpc) is 3.17. The van der Waals surface area contributed by atoms with E-state index in [1.165, 1.54) is 70.6 Å². The van der Waals surface area contributed by atoms with Gasteiger partial charge in [0.25, 0.3) is 0 Å². The van der Waals surface area contributed by atoms with Crippen LogP contribution in [0.3, 0.4) is 0 Å². The van der Waals surface area contributed by atoms with Crippen molar-refractivity contribution in [3.63, 3.8) is 0 Å². The third-order valence-corrected chi connectivity index (χ3v) is 11.5. The van der Waals surface area contributed by atoms with Gasteiger partial charge in [0.1, 0.15) is 0 Å². The highest BCUT2D eigenvalue weighted by atomic mass is 35.5. The van der Waals surface area contributed by atoms with E-state index in [4.69, 9.17) is 5.73 Å². The standard InChI is InChI=1S/C29H55N3O.3ClH/c1-21(20-33)25-9-10-26-24-8-7-22-19-23(32-18-6-17-31-16-5-4-15-30)11-13-28(22,2)27(24)12-14-29(25,26)3;;;/h21-27,31-33H,4-20,30H2,1-3H3;3*1H/p-3/t21-,22+,23-,24?,25?,26?,27?,28+,29-;;;/m1.../s1. The molecular weight excluding hydrogens is 513 g/mol. The highest BCUT2D eigenvalue weighted by molar-refractivity contribution is 5.10. The Morgan fingerprint density at radius 3 is 2.25 bits per heavy atom. The van der Waals surface area contributed by atoms with Crippen molar-refractivity contribution >= 4 is 0 Å². The molecule has 0 aromatic rings. The summed E-state index contributed by atoms with van der Waals surface area (Å²) in [6.07, 6.45) is 16.4. The Morgan fingerprint density at radius 2 is 1.53 bits per heavy atom. The van der Waals surface area contributed by atoms with E-state index < -0.39 is 0 Å². The first-order chi connectivity index (χ1) is 15.9. The fraction of sp³-hybridized carbons (Fsp3) is 1.00. The minimum absolute atomic E-state index is 0. The fourth-order valence-electron chi connectivity index (χ4n) is 9.58. The Hall–Kier alpha value is 0.710. The molecule has 0 heterocycles. The van der Waals surface area contributed by atoms with Crippen LogP contribution in [-0.4, -0.2) is 43.9 Å². The molecule has 0 spiro atoms. The Bertz CT molecular complexity index is 629. The smallest absolute Gasteiger partial charge is 0.0459 e. The summed E-state index contributed by atoms with van der Waals surface area (Å²) >= 11 is 0. The molecule has 4 rings (SSSR count). The molecule has 4 fully saturated rings. The third-order valence-electron chi connectivity index (χ3n) is 11.5. The predicted octanol–water partition coefficient (Wildman–Crippen LogP) is -4.04. The van der Waals surface area contributed by atoms with Crippen LogP contribution in [0.15, 0.2) is 0 Å². The van der Waals surface area contributed by atoms with Crippen molar-refractivity contribution in [2.24, 2.45) is 52.1 Å². The second kappa shape index (κ2) is 15.5. The zero-order valence-electron chi connectivity index (χ0n) is 23.2. The monoisotopic (exact) mass is 566 g/mol. The first-order valence-electron chi connectivity index (χ1n) is 14.7. The number of nitrogens with one attached hydrogen (secondary N) is 2. The van der Waals surface area contributed by atoms with Crippen LogP contribution in [-0.2, 0) is 0 Å². The minimum atomic E-state index is 0. The number of aliphatic hydroxyl groups excluding tert-OH is 1. The lowest BCUT2D eigenvalue weighted by Gasteiger charge is -2.61. The summed E-state index contributed by atoms with van der Waals surface area (Å²) in [6, 6.07) is 0.743. The lowest BCUT2D eigenvalue weighted by molar-refractivity contribution is -0.118. The Morgan fingerprint density at radius 1 is 0.833 bits per heavy atom. The molecule has 0 amide bonds. The zero-order chi connectivity index (χ0) is 23.5. The Labute approximate surface area is 241 Å². The second-order valence-electron chi connectivity index (χ2n) is 13.1. The molecule has 0 saturated heterocycles. The van der Waals surface area contributed by atoms with Gasteiger partial charge in [-0.1, -0.05) is 20.8 Å². The van der Waals surface area contributed by atoms with Crippen molar-refractivity contribution < 1.29 is 42.3 Å². The van der Waals surface area contributed by atoms with E-state index in [0.717, 1.165) is 68.2 Å². The summed E-state index contributed by atoms with van der Waals surface area (Å²) in [5, 5.41) is 17.4. The van der Waals surface area contributed by atoms with Gasteiger partial charge in [0.15, 0.2) is 0 Å². The van der Waals surface area contributed by atoms with E-state index in [0.29, 0.717) is 23.4 Å². The molecule has 4 unspecified atom stereocenters. The summed E-state index contributed by atoms with van der Waals surface area (Å²) in [6.45, 7) is 12.2. The lowest BCUT2D eigenvalue weighted by atomic mass is 9.44. The van der Waals surface area contributed by atoms with Gasteiger partial charge in [-0.25, -0.2) is 0 Å². The molecule has 7 heteroatoms. The molecule has 5 N–H and O–H groups in total. The second-order valence-corrected chi connectivity index (χ2v) is 13.1. The van der Waals surface area contributed by atoms with Gasteiger partial charge in [-0.15, -0.1) is 0 Å². The van der Waals surface area contributed by atoms with E-state index in [-0.39, 0.29) is 37.2 Å². The van der Waals surface area contributed by atoms with Gasteiger partial charge in [-0.3, -0.25) is 0 Å². The number of hydrogen-bond donors (Lipinski definition) is 4. The lowest BCUT2D eigenvalue weighted by Crippen LogP contribution is -3.00. The molecule has 9 atom stereocenters. The van der Waals surface area contributed by atoms with Gasteiger partial charge in [0.2, 0.25) is 0 Å². The van der Waals surface area contributed by atoms with Crippen LogP contribution in [0.2, 0.25) is 0 Å². The van der Waals surface area contributed by atoms with E-state index in [1.54, 1.807) is 0 Å². The quantitative estimate of drug-likeness (QED) is 0.192.